The Hall–Kier alpha value is -3.99. The normalized spacial score (nSPS) is 17.5. The third-order valence-corrected chi connectivity index (χ3v) is 18.0. The largest absolute Gasteiger partial charge is 0.468 e. The molecule has 2 atom stereocenters. The first kappa shape index (κ1) is 40.7. The van der Waals surface area contributed by atoms with Crippen molar-refractivity contribution in [3.05, 3.63) is 47.7 Å². The van der Waals surface area contributed by atoms with Gasteiger partial charge in [-0.15, -0.1) is 5.54 Å². The first-order valence-electron chi connectivity index (χ1n) is 19.1. The van der Waals surface area contributed by atoms with E-state index in [-0.39, 0.29) is 41.7 Å². The molecule has 0 spiro atoms. The summed E-state index contributed by atoms with van der Waals surface area (Å²) in [4.78, 5) is 31.4. The van der Waals surface area contributed by atoms with Crippen molar-refractivity contribution < 1.29 is 27.8 Å². The molecule has 2 aliphatic rings. The Balaban J connectivity index is 1.52. The smallest absolute Gasteiger partial charge is 0.410 e. The molecule has 0 N–H and O–H groups in total. The Morgan fingerprint density at radius 3 is 2.25 bits per heavy atom. The first-order chi connectivity index (χ1) is 26.0. The second kappa shape index (κ2) is 15.9. The molecule has 4 aromatic rings. The molecule has 2 unspecified atom stereocenters. The Bertz CT molecular complexity index is 2130. The highest BCUT2D eigenvalue weighted by molar-refractivity contribution is 7.98. The number of carbonyl (C=O) groups excluding carboxylic acids is 1. The summed E-state index contributed by atoms with van der Waals surface area (Å²) in [5.41, 5.74) is 4.72. The van der Waals surface area contributed by atoms with E-state index in [0.29, 0.717) is 68.2 Å². The highest BCUT2D eigenvalue weighted by atomic mass is 32.2. The molecule has 0 radical (unpaired) electrons. The number of anilines is 1. The van der Waals surface area contributed by atoms with Crippen LogP contribution >= 0.6 is 11.8 Å². The minimum atomic E-state index is -2.26. The lowest BCUT2D eigenvalue weighted by atomic mass is 9.95. The number of halogens is 2. The molecule has 2 aromatic heterocycles. The van der Waals surface area contributed by atoms with Crippen LogP contribution in [0.4, 0.5) is 19.4 Å². The molecule has 6 rings (SSSR count). The van der Waals surface area contributed by atoms with Gasteiger partial charge in [0, 0.05) is 37.3 Å². The van der Waals surface area contributed by atoms with Crippen LogP contribution < -0.4 is 9.64 Å². The number of fused-ring (bicyclic) bond motifs is 4. The molecule has 2 aliphatic heterocycles. The summed E-state index contributed by atoms with van der Waals surface area (Å²) < 4.78 is 50.2. The molecule has 2 aromatic carbocycles. The van der Waals surface area contributed by atoms with E-state index in [4.69, 9.17) is 24.2 Å². The van der Waals surface area contributed by atoms with Gasteiger partial charge in [0.2, 0.25) is 0 Å². The molecule has 0 saturated carbocycles. The number of ether oxygens (including phenoxy) is 3. The van der Waals surface area contributed by atoms with Gasteiger partial charge >= 0.3 is 6.09 Å². The van der Waals surface area contributed by atoms with Gasteiger partial charge in [-0.05, 0) is 80.1 Å². The highest BCUT2D eigenvalue weighted by Gasteiger charge is 2.45. The second-order valence-electron chi connectivity index (χ2n) is 16.6. The lowest BCUT2D eigenvalue weighted by Crippen LogP contribution is -2.57. The third-order valence-electron chi connectivity index (χ3n) is 11.1. The van der Waals surface area contributed by atoms with E-state index in [2.05, 4.69) is 62.9 Å². The Labute approximate surface area is 328 Å². The zero-order chi connectivity index (χ0) is 40.0. The average Bonchev–Trinajstić information content (AvgIpc) is 3.39. The maximum atomic E-state index is 17.3. The van der Waals surface area contributed by atoms with Gasteiger partial charge in [-0.2, -0.15) is 0 Å². The van der Waals surface area contributed by atoms with Crippen LogP contribution in [0, 0.1) is 23.1 Å². The summed E-state index contributed by atoms with van der Waals surface area (Å²) in [6.07, 6.45) is 4.80. The number of hydrogen-bond donors (Lipinski definition) is 0. The summed E-state index contributed by atoms with van der Waals surface area (Å²) in [5.74, 6) is 3.16. The number of thioether (sulfide) groups is 1. The number of methoxy groups -OCH3 is 1. The van der Waals surface area contributed by atoms with Crippen LogP contribution in [-0.4, -0.2) is 85.0 Å². The predicted molar refractivity (Wildman–Crippen MR) is 219 cm³/mol. The van der Waals surface area contributed by atoms with E-state index >= 15 is 8.78 Å². The Morgan fingerprint density at radius 2 is 1.67 bits per heavy atom. The number of rotatable bonds is 9. The lowest BCUT2D eigenvalue weighted by Gasteiger charge is -2.42. The van der Waals surface area contributed by atoms with Gasteiger partial charge in [0.25, 0.3) is 0 Å². The number of carbonyl (C=O) groups is 1. The summed E-state index contributed by atoms with van der Waals surface area (Å²) in [5, 5.41) is 1.94. The minimum Gasteiger partial charge on any atom is -0.468 e. The van der Waals surface area contributed by atoms with Crippen molar-refractivity contribution in [1.29, 1.82) is 0 Å². The molecule has 2 saturated heterocycles. The zero-order valence-corrected chi connectivity index (χ0v) is 35.7. The third kappa shape index (κ3) is 7.74. The van der Waals surface area contributed by atoms with Crippen molar-refractivity contribution in [2.24, 2.45) is 0 Å². The van der Waals surface area contributed by atoms with E-state index in [1.165, 1.54) is 24.9 Å². The first-order valence-corrected chi connectivity index (χ1v) is 22.5. The zero-order valence-electron chi connectivity index (χ0n) is 33.8. The Morgan fingerprint density at radius 1 is 1.02 bits per heavy atom. The molecule has 13 heteroatoms. The number of amides is 1. The molecule has 294 valence electrons. The van der Waals surface area contributed by atoms with Gasteiger partial charge in [-0.1, -0.05) is 65.3 Å². The van der Waals surface area contributed by atoms with Crippen LogP contribution in [0.1, 0.15) is 80.7 Å². The fourth-order valence-corrected chi connectivity index (χ4v) is 14.3. The van der Waals surface area contributed by atoms with Crippen LogP contribution in [0.25, 0.3) is 32.9 Å². The quantitative estimate of drug-likeness (QED) is 0.0541. The molecule has 1 amide bonds. The molecule has 55 heavy (non-hydrogen) atoms. The second-order valence-corrected chi connectivity index (χ2v) is 22.9. The number of aromatic nitrogens is 3. The van der Waals surface area contributed by atoms with Crippen molar-refractivity contribution >= 4 is 53.4 Å². The maximum absolute atomic E-state index is 17.3. The maximum Gasteiger partial charge on any atom is 0.410 e. The lowest BCUT2D eigenvalue weighted by molar-refractivity contribution is 0.0122. The fraction of sp³-hybridized carbons (Fsp3) is 0.524. The fourth-order valence-electron chi connectivity index (χ4n) is 8.77. The van der Waals surface area contributed by atoms with Crippen LogP contribution in [0.5, 0.6) is 5.75 Å². The molecule has 0 aliphatic carbocycles. The van der Waals surface area contributed by atoms with Gasteiger partial charge in [0.1, 0.15) is 42.3 Å². The standard InChI is InChI=1S/C42H53F2N5O4SSi/c1-24(2)55(25(3)4,26(5)6)17-16-31-34(43)15-12-27-18-30(52-23-51-10)19-32(35(27)31)37-36(44)38-33(20-45-37)39(47-40(46-38)54-11)48-21-28-13-14-29(22-48)49(28)41(50)53-42(7,8)9/h12,15,18-20,24-26,28-29H,13-14,21-23H2,1-11H3. The van der Waals surface area contributed by atoms with Crippen LogP contribution in [0.15, 0.2) is 35.6 Å². The van der Waals surface area contributed by atoms with Crippen LogP contribution in [-0.2, 0) is 9.47 Å². The molecule has 2 bridgehead atoms. The average molecular weight is 790 g/mol. The van der Waals surface area contributed by atoms with Crippen molar-refractivity contribution in [2.45, 2.75) is 115 Å². The summed E-state index contributed by atoms with van der Waals surface area (Å²) in [6, 6.07) is 6.38. The molecule has 2 fully saturated rings. The number of pyridine rings is 1. The Kier molecular flexibility index (Phi) is 11.7. The predicted octanol–water partition coefficient (Wildman–Crippen LogP) is 9.99. The highest BCUT2D eigenvalue weighted by Crippen LogP contribution is 2.43. The topological polar surface area (TPSA) is 89.9 Å². The molecular formula is C42H53F2N5O4SSi. The SMILES string of the molecule is COCOc1cc(-c2ncc3c(N4CC5CCC(C4)N5C(=O)OC(C)(C)C)nc(SC)nc3c2F)c2c(C#C[Si](C(C)C)(C(C)C)C(C)C)c(F)ccc2c1. The van der Waals surface area contributed by atoms with Gasteiger partial charge in [-0.25, -0.2) is 23.5 Å². The minimum absolute atomic E-state index is 0.000575. The van der Waals surface area contributed by atoms with Gasteiger partial charge < -0.3 is 19.1 Å². The van der Waals surface area contributed by atoms with Gasteiger partial charge in [0.15, 0.2) is 17.8 Å². The molecular weight excluding hydrogens is 737 g/mol. The van der Waals surface area contributed by atoms with E-state index in [0.717, 1.165) is 12.8 Å². The summed E-state index contributed by atoms with van der Waals surface area (Å²) in [6.45, 7) is 19.9. The number of hydrogen-bond acceptors (Lipinski definition) is 9. The van der Waals surface area contributed by atoms with Crippen molar-refractivity contribution in [2.75, 3.05) is 38.1 Å². The molecule has 4 heterocycles. The number of benzene rings is 2. The van der Waals surface area contributed by atoms with Crippen LogP contribution in [0.3, 0.4) is 0 Å². The van der Waals surface area contributed by atoms with Gasteiger partial charge in [0.05, 0.1) is 23.0 Å². The van der Waals surface area contributed by atoms with E-state index in [1.807, 2.05) is 31.9 Å². The van der Waals surface area contributed by atoms with E-state index < -0.39 is 25.3 Å². The van der Waals surface area contributed by atoms with E-state index in [1.54, 1.807) is 24.4 Å². The van der Waals surface area contributed by atoms with Crippen molar-refractivity contribution in [3.8, 4) is 28.5 Å². The number of piperazine rings is 1. The van der Waals surface area contributed by atoms with Crippen molar-refractivity contribution in [1.82, 2.24) is 19.9 Å². The summed E-state index contributed by atoms with van der Waals surface area (Å²) in [7, 11) is -0.744. The monoisotopic (exact) mass is 789 g/mol. The van der Waals surface area contributed by atoms with Crippen molar-refractivity contribution in [3.63, 3.8) is 0 Å². The van der Waals surface area contributed by atoms with Gasteiger partial charge in [-0.3, -0.25) is 9.88 Å². The number of nitrogens with zero attached hydrogens (tertiary/aromatic N) is 5. The van der Waals surface area contributed by atoms with E-state index in [9.17, 15) is 4.79 Å². The summed E-state index contributed by atoms with van der Waals surface area (Å²) >= 11 is 1.32. The molecule has 9 nitrogen and oxygen atoms in total. The van der Waals surface area contributed by atoms with Crippen LogP contribution in [0.2, 0.25) is 16.6 Å².